The number of aliphatic hydroxyl groups excluding tert-OH is 1. The molecule has 0 aliphatic rings. The molecule has 19 heavy (non-hydrogen) atoms. The molecule has 3 aromatic rings. The van der Waals surface area contributed by atoms with Gasteiger partial charge < -0.3 is 5.11 Å². The van der Waals surface area contributed by atoms with Crippen LogP contribution in [0.25, 0.3) is 22.2 Å². The van der Waals surface area contributed by atoms with Crippen molar-refractivity contribution in [1.82, 2.24) is 9.97 Å². The van der Waals surface area contributed by atoms with Crippen LogP contribution >= 0.6 is 0 Å². The summed E-state index contributed by atoms with van der Waals surface area (Å²) in [5.74, 6) is 0.681. The predicted molar refractivity (Wildman–Crippen MR) is 75.8 cm³/mol. The first kappa shape index (κ1) is 11.8. The number of hydrogen-bond donors (Lipinski definition) is 1. The predicted octanol–water partition coefficient (Wildman–Crippen LogP) is 2.83. The van der Waals surface area contributed by atoms with Crippen LogP contribution < -0.4 is 0 Å². The van der Waals surface area contributed by atoms with Gasteiger partial charge in [-0.2, -0.15) is 0 Å². The van der Waals surface area contributed by atoms with Crippen LogP contribution in [-0.4, -0.2) is 21.7 Å². The molecular formula is C16H14N2O. The van der Waals surface area contributed by atoms with Gasteiger partial charge in [0.25, 0.3) is 0 Å². The highest BCUT2D eigenvalue weighted by atomic mass is 16.3. The highest BCUT2D eigenvalue weighted by Gasteiger charge is 2.08. The number of nitrogens with zero attached hydrogens (tertiary/aromatic N) is 2. The van der Waals surface area contributed by atoms with Crippen LogP contribution in [0.4, 0.5) is 0 Å². The maximum atomic E-state index is 9.07. The lowest BCUT2D eigenvalue weighted by Gasteiger charge is -2.08. The fraction of sp³-hybridized carbons (Fsp3) is 0.125. The third-order valence-electron chi connectivity index (χ3n) is 3.03. The molecule has 0 radical (unpaired) electrons. The molecule has 0 fully saturated rings. The summed E-state index contributed by atoms with van der Waals surface area (Å²) in [5.41, 5.74) is 2.91. The maximum Gasteiger partial charge on any atom is 0.132 e. The first-order chi connectivity index (χ1) is 9.38. The van der Waals surface area contributed by atoms with E-state index in [0.29, 0.717) is 12.2 Å². The van der Waals surface area contributed by atoms with Gasteiger partial charge in [-0.25, -0.2) is 9.97 Å². The van der Waals surface area contributed by atoms with Crippen LogP contribution in [-0.2, 0) is 6.42 Å². The normalized spacial score (nSPS) is 10.8. The van der Waals surface area contributed by atoms with E-state index in [1.54, 1.807) is 0 Å². The van der Waals surface area contributed by atoms with Crippen molar-refractivity contribution >= 4 is 10.9 Å². The quantitative estimate of drug-likeness (QED) is 0.777. The van der Waals surface area contributed by atoms with Gasteiger partial charge in [0.1, 0.15) is 5.82 Å². The zero-order valence-corrected chi connectivity index (χ0v) is 10.5. The van der Waals surface area contributed by atoms with Gasteiger partial charge in [0.15, 0.2) is 0 Å². The second-order valence-corrected chi connectivity index (χ2v) is 4.35. The minimum atomic E-state index is 0.0621. The minimum absolute atomic E-state index is 0.0621. The smallest absolute Gasteiger partial charge is 0.132 e. The number of rotatable bonds is 3. The Balaban J connectivity index is 2.26. The van der Waals surface area contributed by atoms with Crippen LogP contribution in [0.2, 0.25) is 0 Å². The van der Waals surface area contributed by atoms with E-state index in [2.05, 4.69) is 9.97 Å². The molecule has 1 aromatic heterocycles. The van der Waals surface area contributed by atoms with Crippen molar-refractivity contribution in [3.05, 3.63) is 60.4 Å². The van der Waals surface area contributed by atoms with Crippen LogP contribution in [0.1, 0.15) is 5.82 Å². The van der Waals surface area contributed by atoms with Crippen LogP contribution in [0.15, 0.2) is 54.6 Å². The zero-order valence-electron chi connectivity index (χ0n) is 10.5. The Bertz CT molecular complexity index is 695. The number of aromatic nitrogens is 2. The van der Waals surface area contributed by atoms with Gasteiger partial charge in [-0.15, -0.1) is 0 Å². The first-order valence-corrected chi connectivity index (χ1v) is 6.30. The monoisotopic (exact) mass is 250 g/mol. The molecule has 3 nitrogen and oxygen atoms in total. The van der Waals surface area contributed by atoms with Crippen molar-refractivity contribution in [1.29, 1.82) is 0 Å². The molecule has 1 heterocycles. The number of hydrogen-bond acceptors (Lipinski definition) is 3. The number of benzene rings is 2. The average Bonchev–Trinajstić information content (AvgIpc) is 2.48. The van der Waals surface area contributed by atoms with E-state index in [1.807, 2.05) is 54.6 Å². The summed E-state index contributed by atoms with van der Waals surface area (Å²) in [6, 6.07) is 18.0. The molecular weight excluding hydrogens is 236 g/mol. The lowest BCUT2D eigenvalue weighted by atomic mass is 10.1. The average molecular weight is 250 g/mol. The molecule has 0 unspecified atom stereocenters. The molecule has 0 spiro atoms. The van der Waals surface area contributed by atoms with Gasteiger partial charge in [-0.3, -0.25) is 0 Å². The Hall–Kier alpha value is -2.26. The summed E-state index contributed by atoms with van der Waals surface area (Å²) >= 11 is 0. The largest absolute Gasteiger partial charge is 0.396 e. The third-order valence-corrected chi connectivity index (χ3v) is 3.03. The SMILES string of the molecule is OCCc1nc(-c2ccccc2)c2ccccc2n1. The van der Waals surface area contributed by atoms with Crippen molar-refractivity contribution in [2.45, 2.75) is 6.42 Å². The lowest BCUT2D eigenvalue weighted by molar-refractivity contribution is 0.297. The van der Waals surface area contributed by atoms with Crippen molar-refractivity contribution in [2.24, 2.45) is 0 Å². The summed E-state index contributed by atoms with van der Waals surface area (Å²) in [6.07, 6.45) is 0.477. The molecule has 0 saturated carbocycles. The van der Waals surface area contributed by atoms with Crippen LogP contribution in [0.3, 0.4) is 0 Å². The molecule has 3 heteroatoms. The summed E-state index contributed by atoms with van der Waals surface area (Å²) in [5, 5.41) is 10.1. The number of para-hydroxylation sites is 1. The van der Waals surface area contributed by atoms with Crippen molar-refractivity contribution in [3.8, 4) is 11.3 Å². The van der Waals surface area contributed by atoms with Crippen molar-refractivity contribution in [2.75, 3.05) is 6.61 Å². The Kier molecular flexibility index (Phi) is 3.21. The van der Waals surface area contributed by atoms with Gasteiger partial charge >= 0.3 is 0 Å². The number of aliphatic hydroxyl groups is 1. The van der Waals surface area contributed by atoms with Gasteiger partial charge in [0.2, 0.25) is 0 Å². The third kappa shape index (κ3) is 2.33. The van der Waals surface area contributed by atoms with E-state index in [1.165, 1.54) is 0 Å². The standard InChI is InChI=1S/C16H14N2O/c19-11-10-15-17-14-9-5-4-8-13(14)16(18-15)12-6-2-1-3-7-12/h1-9,19H,10-11H2. The van der Waals surface area contributed by atoms with E-state index < -0.39 is 0 Å². The molecule has 0 aliphatic heterocycles. The molecule has 2 aromatic carbocycles. The molecule has 3 rings (SSSR count). The molecule has 0 atom stereocenters. The van der Waals surface area contributed by atoms with Crippen molar-refractivity contribution < 1.29 is 5.11 Å². The molecule has 94 valence electrons. The highest BCUT2D eigenvalue weighted by Crippen LogP contribution is 2.25. The molecule has 0 saturated heterocycles. The Labute approximate surface area is 111 Å². The fourth-order valence-electron chi connectivity index (χ4n) is 2.15. The molecule has 0 bridgehead atoms. The summed E-state index contributed by atoms with van der Waals surface area (Å²) in [7, 11) is 0. The van der Waals surface area contributed by atoms with E-state index in [9.17, 15) is 0 Å². The minimum Gasteiger partial charge on any atom is -0.396 e. The Morgan fingerprint density at radius 3 is 2.37 bits per heavy atom. The molecule has 0 aliphatic carbocycles. The molecule has 1 N–H and O–H groups in total. The Morgan fingerprint density at radius 2 is 1.58 bits per heavy atom. The van der Waals surface area contributed by atoms with Crippen LogP contribution in [0, 0.1) is 0 Å². The highest BCUT2D eigenvalue weighted by molar-refractivity contribution is 5.92. The zero-order chi connectivity index (χ0) is 13.1. The summed E-state index contributed by atoms with van der Waals surface area (Å²) in [4.78, 5) is 9.07. The van der Waals surface area contributed by atoms with E-state index in [0.717, 1.165) is 22.2 Å². The van der Waals surface area contributed by atoms with E-state index >= 15 is 0 Å². The van der Waals surface area contributed by atoms with E-state index in [-0.39, 0.29) is 6.61 Å². The van der Waals surface area contributed by atoms with Gasteiger partial charge in [-0.1, -0.05) is 48.5 Å². The number of fused-ring (bicyclic) bond motifs is 1. The van der Waals surface area contributed by atoms with Gasteiger partial charge in [0, 0.05) is 17.4 Å². The Morgan fingerprint density at radius 1 is 0.842 bits per heavy atom. The summed E-state index contributed by atoms with van der Waals surface area (Å²) in [6.45, 7) is 0.0621. The first-order valence-electron chi connectivity index (χ1n) is 6.30. The lowest BCUT2D eigenvalue weighted by Crippen LogP contribution is -2.01. The summed E-state index contributed by atoms with van der Waals surface area (Å²) < 4.78 is 0. The van der Waals surface area contributed by atoms with E-state index in [4.69, 9.17) is 5.11 Å². The van der Waals surface area contributed by atoms with Crippen LogP contribution in [0.5, 0.6) is 0 Å². The maximum absolute atomic E-state index is 9.07. The van der Waals surface area contributed by atoms with Gasteiger partial charge in [-0.05, 0) is 6.07 Å². The van der Waals surface area contributed by atoms with Crippen molar-refractivity contribution in [3.63, 3.8) is 0 Å². The fourth-order valence-corrected chi connectivity index (χ4v) is 2.15. The second kappa shape index (κ2) is 5.16. The molecule has 0 amide bonds. The second-order valence-electron chi connectivity index (χ2n) is 4.35. The van der Waals surface area contributed by atoms with Gasteiger partial charge in [0.05, 0.1) is 17.8 Å². The topological polar surface area (TPSA) is 46.0 Å².